The normalized spacial score (nSPS) is 13.7. The Morgan fingerprint density at radius 3 is 3.09 bits per heavy atom. The van der Waals surface area contributed by atoms with E-state index in [1.165, 1.54) is 18.7 Å². The molecule has 3 heterocycles. The summed E-state index contributed by atoms with van der Waals surface area (Å²) in [5.74, 6) is -0.0506. The molecule has 1 N–H and O–H groups in total. The summed E-state index contributed by atoms with van der Waals surface area (Å²) in [4.78, 5) is 6.02. The molecule has 0 aliphatic carbocycles. The Morgan fingerprint density at radius 2 is 2.35 bits per heavy atom. The van der Waals surface area contributed by atoms with Crippen molar-refractivity contribution >= 4 is 17.3 Å². The number of hydrogen-bond donors (Lipinski definition) is 1. The van der Waals surface area contributed by atoms with Crippen molar-refractivity contribution in [2.75, 3.05) is 18.1 Å². The average Bonchev–Trinajstić information content (AvgIpc) is 3.22. The van der Waals surface area contributed by atoms with Gasteiger partial charge in [0.15, 0.2) is 12.2 Å². The third-order valence-electron chi connectivity index (χ3n) is 3.50. The van der Waals surface area contributed by atoms with Crippen LogP contribution in [0.4, 0.5) is 10.1 Å². The zero-order chi connectivity index (χ0) is 15.8. The van der Waals surface area contributed by atoms with Gasteiger partial charge in [-0.15, -0.1) is 10.2 Å². The van der Waals surface area contributed by atoms with Crippen LogP contribution < -0.4 is 9.64 Å². The van der Waals surface area contributed by atoms with E-state index in [0.29, 0.717) is 36.8 Å². The molecule has 4 rings (SSSR count). The quantitative estimate of drug-likeness (QED) is 0.782. The van der Waals surface area contributed by atoms with Crippen molar-refractivity contribution in [2.45, 2.75) is 6.54 Å². The van der Waals surface area contributed by atoms with Gasteiger partial charge in [0.2, 0.25) is 5.82 Å². The summed E-state index contributed by atoms with van der Waals surface area (Å²) in [7, 11) is 0. The molecule has 1 aliphatic heterocycles. The van der Waals surface area contributed by atoms with Crippen molar-refractivity contribution in [3.8, 4) is 17.1 Å². The molecule has 23 heavy (non-hydrogen) atoms. The van der Waals surface area contributed by atoms with E-state index in [2.05, 4.69) is 25.6 Å². The van der Waals surface area contributed by atoms with E-state index in [4.69, 9.17) is 20.8 Å². The van der Waals surface area contributed by atoms with Crippen LogP contribution in [0.5, 0.6) is 5.75 Å². The molecule has 3 aromatic rings. The molecule has 0 unspecified atom stereocenters. The summed E-state index contributed by atoms with van der Waals surface area (Å²) in [6.07, 6.45) is 2.88. The fraction of sp³-hybridized carbons (Fsp3) is 0.231. The molecule has 0 saturated heterocycles. The van der Waals surface area contributed by atoms with Crippen LogP contribution >= 0.6 is 11.6 Å². The van der Waals surface area contributed by atoms with Crippen molar-refractivity contribution in [1.29, 1.82) is 0 Å². The Hall–Kier alpha value is -2.68. The number of nitrogens with zero attached hydrogens (tertiary/aromatic N) is 5. The van der Waals surface area contributed by atoms with Crippen molar-refractivity contribution in [3.05, 3.63) is 35.3 Å². The van der Waals surface area contributed by atoms with Crippen LogP contribution in [0.2, 0.25) is 5.02 Å². The minimum atomic E-state index is -0.623. The monoisotopic (exact) mass is 336 g/mol. The first-order chi connectivity index (χ1) is 11.2. The van der Waals surface area contributed by atoms with Crippen LogP contribution in [0.1, 0.15) is 5.69 Å². The fourth-order valence-corrected chi connectivity index (χ4v) is 2.73. The van der Waals surface area contributed by atoms with Gasteiger partial charge in [-0.05, 0) is 5.21 Å². The van der Waals surface area contributed by atoms with E-state index in [-0.39, 0.29) is 16.4 Å². The first-order valence-electron chi connectivity index (χ1n) is 6.74. The van der Waals surface area contributed by atoms with Crippen molar-refractivity contribution in [1.82, 2.24) is 25.6 Å². The number of aromatic amines is 1. The third kappa shape index (κ3) is 2.38. The van der Waals surface area contributed by atoms with E-state index >= 15 is 0 Å². The smallest absolute Gasteiger partial charge is 0.209 e. The fourth-order valence-electron chi connectivity index (χ4n) is 2.54. The van der Waals surface area contributed by atoms with Gasteiger partial charge in [0.05, 0.1) is 35.1 Å². The zero-order valence-electron chi connectivity index (χ0n) is 11.7. The van der Waals surface area contributed by atoms with Crippen LogP contribution in [-0.4, -0.2) is 38.8 Å². The molecule has 0 spiro atoms. The summed E-state index contributed by atoms with van der Waals surface area (Å²) in [6, 6.07) is 1.45. The predicted octanol–water partition coefficient (Wildman–Crippen LogP) is 2.05. The van der Waals surface area contributed by atoms with Crippen LogP contribution in [-0.2, 0) is 6.54 Å². The van der Waals surface area contributed by atoms with Crippen LogP contribution in [0.3, 0.4) is 0 Å². The second kappa shape index (κ2) is 5.51. The van der Waals surface area contributed by atoms with E-state index in [1.54, 1.807) is 0 Å². The van der Waals surface area contributed by atoms with Crippen LogP contribution in [0.15, 0.2) is 23.1 Å². The lowest BCUT2D eigenvalue weighted by molar-refractivity contribution is 0.306. The maximum atomic E-state index is 14.6. The Balaban J connectivity index is 1.87. The second-order valence-electron chi connectivity index (χ2n) is 4.88. The van der Waals surface area contributed by atoms with Gasteiger partial charge < -0.3 is 14.1 Å². The van der Waals surface area contributed by atoms with Crippen molar-refractivity contribution in [3.63, 3.8) is 0 Å². The van der Waals surface area contributed by atoms with Gasteiger partial charge in [-0.1, -0.05) is 11.6 Å². The Bertz CT molecular complexity index is 824. The SMILES string of the molecule is Fc1c(Cl)cc2c(c1-c1nn[nH]n1)N(Cc1cocn1)CCO2. The standard InChI is InChI=1S/C13H10ClFN6O2/c14-8-3-9-12(10(11(8)15)13-17-19-20-18-13)21(1-2-23-9)4-7-5-22-6-16-7/h3,5-6H,1-2,4H2,(H,17,18,19,20). The van der Waals surface area contributed by atoms with Gasteiger partial charge in [0, 0.05) is 6.07 Å². The number of H-pyrrole nitrogens is 1. The molecule has 118 valence electrons. The molecule has 8 nitrogen and oxygen atoms in total. The lowest BCUT2D eigenvalue weighted by Crippen LogP contribution is -2.33. The number of benzene rings is 1. The van der Waals surface area contributed by atoms with Crippen molar-refractivity contribution < 1.29 is 13.5 Å². The highest BCUT2D eigenvalue weighted by Gasteiger charge is 2.29. The number of halogens is 2. The van der Waals surface area contributed by atoms with Gasteiger partial charge in [0.1, 0.15) is 18.6 Å². The first-order valence-corrected chi connectivity index (χ1v) is 7.12. The molecular weight excluding hydrogens is 327 g/mol. The third-order valence-corrected chi connectivity index (χ3v) is 3.77. The maximum absolute atomic E-state index is 14.6. The van der Waals surface area contributed by atoms with Gasteiger partial charge in [-0.2, -0.15) is 5.21 Å². The predicted molar refractivity (Wildman–Crippen MR) is 77.6 cm³/mol. The molecule has 0 amide bonds. The highest BCUT2D eigenvalue weighted by Crippen LogP contribution is 2.44. The lowest BCUT2D eigenvalue weighted by Gasteiger charge is -2.32. The zero-order valence-corrected chi connectivity index (χ0v) is 12.4. The highest BCUT2D eigenvalue weighted by molar-refractivity contribution is 6.31. The van der Waals surface area contributed by atoms with E-state index in [9.17, 15) is 4.39 Å². The minimum Gasteiger partial charge on any atom is -0.489 e. The summed E-state index contributed by atoms with van der Waals surface area (Å²) in [6.45, 7) is 1.42. The molecule has 0 bridgehead atoms. The highest BCUT2D eigenvalue weighted by atomic mass is 35.5. The molecule has 0 atom stereocenters. The summed E-state index contributed by atoms with van der Waals surface area (Å²) in [5.41, 5.74) is 1.37. The van der Waals surface area contributed by atoms with E-state index in [0.717, 1.165) is 0 Å². The summed E-state index contributed by atoms with van der Waals surface area (Å²) in [5, 5.41) is 13.5. The number of fused-ring (bicyclic) bond motifs is 1. The van der Waals surface area contributed by atoms with E-state index in [1.807, 2.05) is 4.90 Å². The van der Waals surface area contributed by atoms with E-state index < -0.39 is 5.82 Å². The number of ether oxygens (including phenoxy) is 1. The number of tetrazole rings is 1. The number of oxazole rings is 1. The first kappa shape index (κ1) is 13.9. The molecule has 1 aliphatic rings. The van der Waals surface area contributed by atoms with Gasteiger partial charge >= 0.3 is 0 Å². The topological polar surface area (TPSA) is 93.0 Å². The Labute approximate surface area is 134 Å². The summed E-state index contributed by atoms with van der Waals surface area (Å²) >= 11 is 5.97. The molecule has 1 aromatic carbocycles. The van der Waals surface area contributed by atoms with Gasteiger partial charge in [-0.3, -0.25) is 0 Å². The summed E-state index contributed by atoms with van der Waals surface area (Å²) < 4.78 is 25.2. The second-order valence-corrected chi connectivity index (χ2v) is 5.29. The Morgan fingerprint density at radius 1 is 1.43 bits per heavy atom. The lowest BCUT2D eigenvalue weighted by atomic mass is 10.1. The molecule has 0 saturated carbocycles. The number of nitrogens with one attached hydrogen (secondary N) is 1. The largest absolute Gasteiger partial charge is 0.489 e. The average molecular weight is 337 g/mol. The molecule has 0 fully saturated rings. The number of rotatable bonds is 3. The molecular formula is C13H10ClFN6O2. The van der Waals surface area contributed by atoms with Crippen LogP contribution in [0.25, 0.3) is 11.4 Å². The number of aromatic nitrogens is 5. The van der Waals surface area contributed by atoms with Gasteiger partial charge in [-0.25, -0.2) is 9.37 Å². The number of anilines is 1. The molecule has 0 radical (unpaired) electrons. The Kier molecular flexibility index (Phi) is 3.34. The van der Waals surface area contributed by atoms with Crippen LogP contribution in [0, 0.1) is 5.82 Å². The number of hydrogen-bond acceptors (Lipinski definition) is 7. The molecule has 10 heteroatoms. The van der Waals surface area contributed by atoms with Gasteiger partial charge in [0.25, 0.3) is 0 Å². The minimum absolute atomic E-state index is 0.0631. The molecule has 2 aromatic heterocycles. The maximum Gasteiger partial charge on any atom is 0.209 e. The van der Waals surface area contributed by atoms with Crippen molar-refractivity contribution in [2.24, 2.45) is 0 Å².